The van der Waals surface area contributed by atoms with Crippen molar-refractivity contribution in [2.75, 3.05) is 18.5 Å². The zero-order valence-corrected chi connectivity index (χ0v) is 18.0. The van der Waals surface area contributed by atoms with Gasteiger partial charge in [-0.25, -0.2) is 9.37 Å². The lowest BCUT2D eigenvalue weighted by molar-refractivity contribution is -0.0411. The van der Waals surface area contributed by atoms with Gasteiger partial charge in [0.2, 0.25) is 0 Å². The summed E-state index contributed by atoms with van der Waals surface area (Å²) >= 11 is 0. The molecule has 0 spiro atoms. The number of phenols is 1. The Labute approximate surface area is 180 Å². The van der Waals surface area contributed by atoms with Crippen molar-refractivity contribution in [1.82, 2.24) is 25.1 Å². The van der Waals surface area contributed by atoms with Crippen LogP contribution in [0.1, 0.15) is 26.7 Å². The molecule has 2 bridgehead atoms. The third kappa shape index (κ3) is 3.17. The summed E-state index contributed by atoms with van der Waals surface area (Å²) < 4.78 is 17.3. The highest BCUT2D eigenvalue weighted by Crippen LogP contribution is 2.49. The minimum absolute atomic E-state index is 0.113. The summed E-state index contributed by atoms with van der Waals surface area (Å²) in [6, 6.07) is 8.76. The molecule has 31 heavy (non-hydrogen) atoms. The predicted octanol–water partition coefficient (Wildman–Crippen LogP) is 3.34. The second-order valence-corrected chi connectivity index (χ2v) is 9.33. The maximum atomic E-state index is 15.5. The first-order valence-electron chi connectivity index (χ1n) is 10.6. The summed E-state index contributed by atoms with van der Waals surface area (Å²) in [5.74, 6) is 0.741. The van der Waals surface area contributed by atoms with E-state index in [1.54, 1.807) is 18.6 Å². The largest absolute Gasteiger partial charge is 0.507 e. The quantitative estimate of drug-likeness (QED) is 0.671. The summed E-state index contributed by atoms with van der Waals surface area (Å²) in [4.78, 5) is 5.96. The lowest BCUT2D eigenvalue weighted by Gasteiger charge is -2.60. The van der Waals surface area contributed by atoms with Crippen LogP contribution in [0.3, 0.4) is 0 Å². The number of piperidine rings is 2. The Kier molecular flexibility index (Phi) is 4.51. The van der Waals surface area contributed by atoms with Crippen molar-refractivity contribution < 1.29 is 9.50 Å². The molecule has 7 nitrogen and oxygen atoms in total. The van der Waals surface area contributed by atoms with Crippen molar-refractivity contribution in [2.24, 2.45) is 5.41 Å². The van der Waals surface area contributed by atoms with Crippen LogP contribution in [0.25, 0.3) is 16.9 Å². The summed E-state index contributed by atoms with van der Waals surface area (Å²) in [6.45, 7) is 4.91. The van der Waals surface area contributed by atoms with E-state index in [2.05, 4.69) is 27.4 Å². The molecule has 162 valence electrons. The van der Waals surface area contributed by atoms with Crippen molar-refractivity contribution in [3.8, 4) is 22.7 Å². The molecule has 2 saturated heterocycles. The van der Waals surface area contributed by atoms with E-state index in [0.717, 1.165) is 25.1 Å². The minimum Gasteiger partial charge on any atom is -0.507 e. The molecule has 0 unspecified atom stereocenters. The fraction of sp³-hybridized carbons (Fsp3) is 0.435. The average Bonchev–Trinajstić information content (AvgIpc) is 3.30. The number of nitrogens with one attached hydrogen (secondary N) is 1. The van der Waals surface area contributed by atoms with Gasteiger partial charge in [0.25, 0.3) is 0 Å². The number of imidazole rings is 1. The van der Waals surface area contributed by atoms with E-state index in [1.165, 1.54) is 0 Å². The fourth-order valence-corrected chi connectivity index (χ4v) is 5.09. The van der Waals surface area contributed by atoms with E-state index in [4.69, 9.17) is 0 Å². The van der Waals surface area contributed by atoms with Gasteiger partial charge in [0.1, 0.15) is 11.9 Å². The van der Waals surface area contributed by atoms with Crippen molar-refractivity contribution in [3.05, 3.63) is 49.1 Å². The number of anilines is 1. The first-order valence-corrected chi connectivity index (χ1v) is 10.6. The van der Waals surface area contributed by atoms with Gasteiger partial charge in [-0.1, -0.05) is 6.92 Å². The first kappa shape index (κ1) is 19.9. The lowest BCUT2D eigenvalue weighted by Crippen LogP contribution is -2.74. The van der Waals surface area contributed by atoms with Crippen LogP contribution < -0.4 is 10.2 Å². The SMILES string of the molecule is CN(c1ccc(-c2ccc(-n3ccnc3)cc2O)nn1)[C@H]1[C@@H](F)[C@@]2(C)CC[C@]1(C)CN2. The van der Waals surface area contributed by atoms with Gasteiger partial charge in [0.15, 0.2) is 5.82 Å². The third-order valence-electron chi connectivity index (χ3n) is 7.20. The van der Waals surface area contributed by atoms with E-state index >= 15 is 4.39 Å². The van der Waals surface area contributed by atoms with Crippen molar-refractivity contribution >= 4 is 5.82 Å². The molecule has 6 rings (SSSR count). The number of alkyl halides is 1. The van der Waals surface area contributed by atoms with Gasteiger partial charge in [-0.15, -0.1) is 10.2 Å². The maximum Gasteiger partial charge on any atom is 0.151 e. The number of phenolic OH excluding ortho intramolecular Hbond substituents is 1. The zero-order valence-electron chi connectivity index (χ0n) is 18.0. The van der Waals surface area contributed by atoms with Gasteiger partial charge in [-0.2, -0.15) is 0 Å². The summed E-state index contributed by atoms with van der Waals surface area (Å²) in [7, 11) is 1.90. The van der Waals surface area contributed by atoms with Crippen LogP contribution in [-0.2, 0) is 0 Å². The number of halogens is 1. The molecule has 0 radical (unpaired) electrons. The highest BCUT2D eigenvalue weighted by molar-refractivity contribution is 5.69. The number of nitrogens with zero attached hydrogens (tertiary/aromatic N) is 5. The van der Waals surface area contributed by atoms with Crippen LogP contribution >= 0.6 is 0 Å². The normalized spacial score (nSPS) is 29.8. The van der Waals surface area contributed by atoms with E-state index in [9.17, 15) is 5.11 Å². The number of aromatic hydroxyl groups is 1. The topological polar surface area (TPSA) is 79.1 Å². The molecule has 1 aromatic carbocycles. The minimum atomic E-state index is -0.994. The van der Waals surface area contributed by atoms with Gasteiger partial charge in [0, 0.05) is 48.6 Å². The Balaban J connectivity index is 1.40. The molecule has 3 fully saturated rings. The highest BCUT2D eigenvalue weighted by atomic mass is 19.1. The summed E-state index contributed by atoms with van der Waals surface area (Å²) in [5, 5.41) is 22.6. The number of fused-ring (bicyclic) bond motifs is 3. The van der Waals surface area contributed by atoms with E-state index < -0.39 is 11.7 Å². The highest BCUT2D eigenvalue weighted by Gasteiger charge is 2.58. The van der Waals surface area contributed by atoms with Crippen LogP contribution in [0, 0.1) is 5.41 Å². The summed E-state index contributed by atoms with van der Waals surface area (Å²) in [5.41, 5.74) is 1.31. The standard InChI is InChI=1S/C23H27FN6O/c1-22-8-9-23(2,26-13-22)20(24)21(22)29(3)19-7-6-17(27-28-19)16-5-4-15(12-18(16)31)30-11-10-25-14-30/h4-7,10-12,14,20-21,26,31H,8-9,13H2,1-3H3/t20-,21+,22-,23-/m1/s1. The smallest absolute Gasteiger partial charge is 0.151 e. The second-order valence-electron chi connectivity index (χ2n) is 9.33. The molecular weight excluding hydrogens is 395 g/mol. The van der Waals surface area contributed by atoms with Crippen LogP contribution in [0.2, 0.25) is 0 Å². The molecule has 0 amide bonds. The first-order chi connectivity index (χ1) is 14.8. The molecule has 2 aliphatic heterocycles. The molecule has 2 N–H and O–H groups in total. The molecule has 3 aromatic rings. The number of hydrogen-bond donors (Lipinski definition) is 2. The summed E-state index contributed by atoms with van der Waals surface area (Å²) in [6.07, 6.45) is 5.99. The van der Waals surface area contributed by atoms with E-state index in [-0.39, 0.29) is 17.2 Å². The van der Waals surface area contributed by atoms with Gasteiger partial charge < -0.3 is 19.9 Å². The van der Waals surface area contributed by atoms with Crippen LogP contribution in [0.4, 0.5) is 10.2 Å². The molecule has 2 aromatic heterocycles. The Hall–Kier alpha value is -3.00. The lowest BCUT2D eigenvalue weighted by atomic mass is 9.60. The number of rotatable bonds is 4. The van der Waals surface area contributed by atoms with Crippen molar-refractivity contribution in [1.29, 1.82) is 0 Å². The van der Waals surface area contributed by atoms with Crippen LogP contribution in [0.15, 0.2) is 49.1 Å². The second kappa shape index (κ2) is 7.02. The van der Waals surface area contributed by atoms with Crippen LogP contribution in [-0.4, -0.2) is 56.2 Å². The Morgan fingerprint density at radius 3 is 2.65 bits per heavy atom. The molecular formula is C23H27FN6O. The van der Waals surface area contributed by atoms with Gasteiger partial charge >= 0.3 is 0 Å². The predicted molar refractivity (Wildman–Crippen MR) is 117 cm³/mol. The Morgan fingerprint density at radius 1 is 1.19 bits per heavy atom. The third-order valence-corrected chi connectivity index (χ3v) is 7.20. The van der Waals surface area contributed by atoms with E-state index in [0.29, 0.717) is 17.1 Å². The number of benzene rings is 1. The van der Waals surface area contributed by atoms with Gasteiger partial charge in [0.05, 0.1) is 23.8 Å². The molecule has 1 saturated carbocycles. The monoisotopic (exact) mass is 422 g/mol. The average molecular weight is 423 g/mol. The molecule has 4 atom stereocenters. The van der Waals surface area contributed by atoms with E-state index in [1.807, 2.05) is 53.9 Å². The fourth-order valence-electron chi connectivity index (χ4n) is 5.09. The van der Waals surface area contributed by atoms with Crippen molar-refractivity contribution in [3.63, 3.8) is 0 Å². The van der Waals surface area contributed by atoms with Crippen molar-refractivity contribution in [2.45, 2.75) is 44.4 Å². The number of hydrogen-bond acceptors (Lipinski definition) is 6. The molecule has 1 aliphatic carbocycles. The molecule has 4 heterocycles. The molecule has 3 aliphatic rings. The van der Waals surface area contributed by atoms with Crippen LogP contribution in [0.5, 0.6) is 5.75 Å². The van der Waals surface area contributed by atoms with Gasteiger partial charge in [-0.05, 0) is 44.0 Å². The zero-order chi connectivity index (χ0) is 21.8. The molecule has 8 heteroatoms. The number of aromatic nitrogens is 4. The Bertz CT molecular complexity index is 1080. The van der Waals surface area contributed by atoms with Gasteiger partial charge in [-0.3, -0.25) is 0 Å². The Morgan fingerprint density at radius 2 is 2.03 bits per heavy atom. The maximum absolute atomic E-state index is 15.5.